The average molecular weight is 361 g/mol. The minimum absolute atomic E-state index is 0.328. The lowest BCUT2D eigenvalue weighted by Gasteiger charge is -2.07. The zero-order valence-corrected chi connectivity index (χ0v) is 13.9. The SMILES string of the molecule is COC(=O)c1ccc(C=CCOc2ccccc2CBr)cc1. The molecule has 2 aromatic rings. The third kappa shape index (κ3) is 4.46. The molecule has 0 aliphatic heterocycles. The number of ether oxygens (including phenoxy) is 2. The Morgan fingerprint density at radius 1 is 1.14 bits per heavy atom. The highest BCUT2D eigenvalue weighted by molar-refractivity contribution is 9.08. The summed E-state index contributed by atoms with van der Waals surface area (Å²) in [6, 6.07) is 15.1. The van der Waals surface area contributed by atoms with Gasteiger partial charge in [-0.3, -0.25) is 0 Å². The Balaban J connectivity index is 1.91. The molecule has 4 heteroatoms. The van der Waals surface area contributed by atoms with E-state index in [2.05, 4.69) is 20.7 Å². The molecule has 0 N–H and O–H groups in total. The van der Waals surface area contributed by atoms with Crippen LogP contribution in [0, 0.1) is 0 Å². The first-order chi connectivity index (χ1) is 10.7. The number of benzene rings is 2. The van der Waals surface area contributed by atoms with Crippen LogP contribution in [0.4, 0.5) is 0 Å². The van der Waals surface area contributed by atoms with Gasteiger partial charge in [-0.15, -0.1) is 0 Å². The summed E-state index contributed by atoms with van der Waals surface area (Å²) in [6.45, 7) is 0.489. The van der Waals surface area contributed by atoms with Crippen molar-refractivity contribution in [3.8, 4) is 5.75 Å². The molecule has 0 atom stereocenters. The van der Waals surface area contributed by atoms with Crippen LogP contribution in [-0.2, 0) is 10.1 Å². The van der Waals surface area contributed by atoms with Gasteiger partial charge in [0.05, 0.1) is 12.7 Å². The smallest absolute Gasteiger partial charge is 0.337 e. The lowest BCUT2D eigenvalue weighted by Crippen LogP contribution is -2.00. The van der Waals surface area contributed by atoms with E-state index in [1.807, 2.05) is 48.6 Å². The number of rotatable bonds is 6. The number of alkyl halides is 1. The highest BCUT2D eigenvalue weighted by atomic mass is 79.9. The zero-order valence-electron chi connectivity index (χ0n) is 12.3. The molecule has 0 radical (unpaired) electrons. The molecule has 2 aromatic carbocycles. The fourth-order valence-electron chi connectivity index (χ4n) is 1.93. The number of carbonyl (C=O) groups is 1. The topological polar surface area (TPSA) is 35.5 Å². The molecule has 0 aromatic heterocycles. The standard InChI is InChI=1S/C18H17BrO3/c1-21-18(20)15-10-8-14(9-11-15)5-4-12-22-17-7-3-2-6-16(17)13-19/h2-11H,12-13H2,1H3. The van der Waals surface area contributed by atoms with Crippen LogP contribution in [0.1, 0.15) is 21.5 Å². The predicted molar refractivity (Wildman–Crippen MR) is 91.4 cm³/mol. The first-order valence-electron chi connectivity index (χ1n) is 6.86. The summed E-state index contributed by atoms with van der Waals surface area (Å²) in [6.07, 6.45) is 3.90. The van der Waals surface area contributed by atoms with Crippen molar-refractivity contribution in [3.63, 3.8) is 0 Å². The van der Waals surface area contributed by atoms with Gasteiger partial charge in [0.25, 0.3) is 0 Å². The summed E-state index contributed by atoms with van der Waals surface area (Å²) in [7, 11) is 1.37. The number of para-hydroxylation sites is 1. The van der Waals surface area contributed by atoms with Crippen molar-refractivity contribution in [1.82, 2.24) is 0 Å². The van der Waals surface area contributed by atoms with Gasteiger partial charge < -0.3 is 9.47 Å². The Kier molecular flexibility index (Phi) is 6.22. The molecule has 0 aliphatic rings. The molecular weight excluding hydrogens is 344 g/mol. The van der Waals surface area contributed by atoms with Gasteiger partial charge in [0, 0.05) is 10.9 Å². The number of hydrogen-bond donors (Lipinski definition) is 0. The minimum Gasteiger partial charge on any atom is -0.489 e. The van der Waals surface area contributed by atoms with Gasteiger partial charge in [-0.1, -0.05) is 52.3 Å². The number of esters is 1. The molecule has 0 heterocycles. The summed E-state index contributed by atoms with van der Waals surface area (Å²) >= 11 is 3.44. The lowest BCUT2D eigenvalue weighted by molar-refractivity contribution is 0.0600. The molecule has 0 saturated carbocycles. The third-order valence-corrected chi connectivity index (χ3v) is 3.70. The second-order valence-electron chi connectivity index (χ2n) is 4.57. The number of carbonyl (C=O) groups excluding carboxylic acids is 1. The molecule has 0 amide bonds. The number of methoxy groups -OCH3 is 1. The van der Waals surface area contributed by atoms with Crippen LogP contribution in [0.3, 0.4) is 0 Å². The Bertz CT molecular complexity index is 648. The molecule has 0 bridgehead atoms. The fourth-order valence-corrected chi connectivity index (χ4v) is 2.39. The minimum atomic E-state index is -0.328. The van der Waals surface area contributed by atoms with Gasteiger partial charge in [-0.25, -0.2) is 4.79 Å². The average Bonchev–Trinajstić information content (AvgIpc) is 2.59. The normalized spacial score (nSPS) is 10.6. The Morgan fingerprint density at radius 3 is 2.55 bits per heavy atom. The van der Waals surface area contributed by atoms with Crippen molar-refractivity contribution in [3.05, 3.63) is 71.3 Å². The second kappa shape index (κ2) is 8.39. The van der Waals surface area contributed by atoms with Crippen molar-refractivity contribution in [2.24, 2.45) is 0 Å². The molecule has 0 unspecified atom stereocenters. The predicted octanol–water partition coefficient (Wildman–Crippen LogP) is 4.46. The summed E-state index contributed by atoms with van der Waals surface area (Å²) in [5.74, 6) is 0.551. The van der Waals surface area contributed by atoms with E-state index in [4.69, 9.17) is 4.74 Å². The summed E-state index contributed by atoms with van der Waals surface area (Å²) < 4.78 is 10.4. The molecule has 0 aliphatic carbocycles. The highest BCUT2D eigenvalue weighted by Gasteiger charge is 2.03. The van der Waals surface area contributed by atoms with Crippen LogP contribution in [-0.4, -0.2) is 19.7 Å². The van der Waals surface area contributed by atoms with Gasteiger partial charge in [0.2, 0.25) is 0 Å². The van der Waals surface area contributed by atoms with Gasteiger partial charge in [-0.2, -0.15) is 0 Å². The number of halogens is 1. The Hall–Kier alpha value is -2.07. The third-order valence-electron chi connectivity index (χ3n) is 3.09. The van der Waals surface area contributed by atoms with Gasteiger partial charge in [0.1, 0.15) is 12.4 Å². The maximum absolute atomic E-state index is 11.3. The first-order valence-corrected chi connectivity index (χ1v) is 7.98. The van der Waals surface area contributed by atoms with E-state index in [-0.39, 0.29) is 5.97 Å². The van der Waals surface area contributed by atoms with E-state index in [0.29, 0.717) is 12.2 Å². The van der Waals surface area contributed by atoms with Crippen LogP contribution in [0.5, 0.6) is 5.75 Å². The van der Waals surface area contributed by atoms with Gasteiger partial charge in [0.15, 0.2) is 0 Å². The summed E-state index contributed by atoms with van der Waals surface area (Å²) in [5.41, 5.74) is 2.67. The van der Waals surface area contributed by atoms with E-state index >= 15 is 0 Å². The van der Waals surface area contributed by atoms with Crippen LogP contribution in [0.2, 0.25) is 0 Å². The maximum Gasteiger partial charge on any atom is 0.337 e. The van der Waals surface area contributed by atoms with E-state index in [9.17, 15) is 4.79 Å². The molecule has 2 rings (SSSR count). The summed E-state index contributed by atoms with van der Waals surface area (Å²) in [4.78, 5) is 11.3. The van der Waals surface area contributed by atoms with Crippen molar-refractivity contribution in [2.45, 2.75) is 5.33 Å². The highest BCUT2D eigenvalue weighted by Crippen LogP contribution is 2.20. The quantitative estimate of drug-likeness (QED) is 0.563. The second-order valence-corrected chi connectivity index (χ2v) is 5.13. The molecular formula is C18H17BrO3. The molecule has 22 heavy (non-hydrogen) atoms. The van der Waals surface area contributed by atoms with Crippen molar-refractivity contribution in [1.29, 1.82) is 0 Å². The summed E-state index contributed by atoms with van der Waals surface area (Å²) in [5, 5.41) is 0.766. The molecule has 3 nitrogen and oxygen atoms in total. The van der Waals surface area contributed by atoms with Gasteiger partial charge >= 0.3 is 5.97 Å². The largest absolute Gasteiger partial charge is 0.489 e. The first kappa shape index (κ1) is 16.3. The van der Waals surface area contributed by atoms with E-state index < -0.39 is 0 Å². The molecule has 0 fully saturated rings. The van der Waals surface area contributed by atoms with Crippen LogP contribution in [0.25, 0.3) is 6.08 Å². The Morgan fingerprint density at radius 2 is 1.86 bits per heavy atom. The Labute approximate surface area is 138 Å². The van der Waals surface area contributed by atoms with Crippen molar-refractivity contribution >= 4 is 28.0 Å². The van der Waals surface area contributed by atoms with E-state index in [0.717, 1.165) is 22.2 Å². The number of hydrogen-bond acceptors (Lipinski definition) is 3. The molecule has 0 spiro atoms. The van der Waals surface area contributed by atoms with Crippen LogP contribution in [0.15, 0.2) is 54.6 Å². The fraction of sp³-hybridized carbons (Fsp3) is 0.167. The maximum atomic E-state index is 11.3. The van der Waals surface area contributed by atoms with Crippen molar-refractivity contribution < 1.29 is 14.3 Å². The van der Waals surface area contributed by atoms with Crippen LogP contribution < -0.4 is 4.74 Å². The molecule has 0 saturated heterocycles. The zero-order chi connectivity index (χ0) is 15.8. The van der Waals surface area contributed by atoms with E-state index in [1.54, 1.807) is 12.1 Å². The van der Waals surface area contributed by atoms with E-state index in [1.165, 1.54) is 7.11 Å². The van der Waals surface area contributed by atoms with Crippen LogP contribution >= 0.6 is 15.9 Å². The molecule has 114 valence electrons. The van der Waals surface area contributed by atoms with Crippen molar-refractivity contribution in [2.75, 3.05) is 13.7 Å². The van der Waals surface area contributed by atoms with Gasteiger partial charge in [-0.05, 0) is 29.8 Å². The lowest BCUT2D eigenvalue weighted by atomic mass is 10.1. The monoisotopic (exact) mass is 360 g/mol.